The molecule has 0 aliphatic carbocycles. The van der Waals surface area contributed by atoms with Gasteiger partial charge in [-0.1, -0.05) is 66.7 Å². The summed E-state index contributed by atoms with van der Waals surface area (Å²) in [5.74, 6) is -0.996. The minimum absolute atomic E-state index is 0.151. The molecule has 0 bridgehead atoms. The molecule has 2 amide bonds. The molecule has 31 heavy (non-hydrogen) atoms. The highest BCUT2D eigenvalue weighted by Gasteiger charge is 2.15. The van der Waals surface area contributed by atoms with E-state index in [1.54, 1.807) is 6.07 Å². The Labute approximate surface area is 177 Å². The summed E-state index contributed by atoms with van der Waals surface area (Å²) in [6, 6.07) is 27.1. The third-order valence-corrected chi connectivity index (χ3v) is 5.18. The highest BCUT2D eigenvalue weighted by atomic mass is 16.3. The summed E-state index contributed by atoms with van der Waals surface area (Å²) in [5, 5.41) is 7.08. The predicted octanol–water partition coefficient (Wildman–Crippen LogP) is 5.25. The van der Waals surface area contributed by atoms with Crippen molar-refractivity contribution in [1.82, 2.24) is 5.32 Å². The first kappa shape index (κ1) is 18.8. The van der Waals surface area contributed by atoms with Gasteiger partial charge in [-0.3, -0.25) is 14.9 Å². The van der Waals surface area contributed by atoms with Gasteiger partial charge in [0, 0.05) is 17.7 Å². The van der Waals surface area contributed by atoms with E-state index in [0.29, 0.717) is 11.3 Å². The Morgan fingerprint density at radius 1 is 0.774 bits per heavy atom. The number of rotatable bonds is 2. The fourth-order valence-electron chi connectivity index (χ4n) is 3.77. The molecule has 0 aliphatic heterocycles. The van der Waals surface area contributed by atoms with Gasteiger partial charge in [0.2, 0.25) is 11.5 Å². The predicted molar refractivity (Wildman–Crippen MR) is 121 cm³/mol. The van der Waals surface area contributed by atoms with Crippen molar-refractivity contribution in [2.45, 2.75) is 6.92 Å². The van der Waals surface area contributed by atoms with Gasteiger partial charge < -0.3 is 4.42 Å². The van der Waals surface area contributed by atoms with E-state index >= 15 is 0 Å². The molecule has 5 heteroatoms. The van der Waals surface area contributed by atoms with Gasteiger partial charge in [-0.05, 0) is 34.4 Å². The van der Waals surface area contributed by atoms with Crippen LogP contribution in [0.4, 0.5) is 5.69 Å². The normalized spacial score (nSPS) is 11.8. The van der Waals surface area contributed by atoms with Gasteiger partial charge in [0.25, 0.3) is 5.91 Å². The summed E-state index contributed by atoms with van der Waals surface area (Å²) in [7, 11) is 0. The molecule has 0 saturated carbocycles. The van der Waals surface area contributed by atoms with Gasteiger partial charge in [-0.15, -0.1) is 0 Å². The van der Waals surface area contributed by atoms with Gasteiger partial charge in [0.15, 0.2) is 0 Å². The minimum Gasteiger partial charge on any atom is -0.438 e. The molecule has 5 nitrogen and oxygen atoms in total. The van der Waals surface area contributed by atoms with Crippen LogP contribution in [0.25, 0.3) is 32.5 Å². The van der Waals surface area contributed by atoms with Crippen molar-refractivity contribution < 1.29 is 14.0 Å². The zero-order chi connectivity index (χ0) is 21.4. The molecule has 0 radical (unpaired) electrons. The van der Waals surface area contributed by atoms with Crippen LogP contribution in [0.5, 0.6) is 0 Å². The van der Waals surface area contributed by atoms with Gasteiger partial charge in [-0.25, -0.2) is 4.99 Å². The molecule has 0 fully saturated rings. The van der Waals surface area contributed by atoms with Gasteiger partial charge in [0.05, 0.1) is 5.69 Å². The lowest BCUT2D eigenvalue weighted by molar-refractivity contribution is -0.118. The van der Waals surface area contributed by atoms with E-state index in [1.165, 1.54) is 6.92 Å². The second kappa shape index (κ2) is 7.54. The van der Waals surface area contributed by atoms with Gasteiger partial charge >= 0.3 is 0 Å². The van der Waals surface area contributed by atoms with Gasteiger partial charge in [0.1, 0.15) is 11.1 Å². The molecule has 150 valence electrons. The number of carbonyl (C=O) groups excluding carboxylic acids is 2. The zero-order valence-corrected chi connectivity index (χ0v) is 16.8. The largest absolute Gasteiger partial charge is 0.438 e. The van der Waals surface area contributed by atoms with Crippen LogP contribution in [0.1, 0.15) is 17.3 Å². The van der Waals surface area contributed by atoms with Crippen LogP contribution < -0.4 is 10.9 Å². The molecular formula is C26H18N2O3. The first-order chi connectivity index (χ1) is 15.1. The molecule has 0 spiro atoms. The lowest BCUT2D eigenvalue weighted by atomic mass is 10.0. The number of nitrogens with one attached hydrogen (secondary N) is 1. The summed E-state index contributed by atoms with van der Waals surface area (Å²) in [6.45, 7) is 1.30. The molecule has 1 N–H and O–H groups in total. The number of carbonyl (C=O) groups is 2. The average molecular weight is 406 g/mol. The quantitative estimate of drug-likeness (QED) is 0.407. The van der Waals surface area contributed by atoms with Crippen LogP contribution in [-0.4, -0.2) is 11.8 Å². The third-order valence-electron chi connectivity index (χ3n) is 5.18. The van der Waals surface area contributed by atoms with E-state index in [0.717, 1.165) is 26.9 Å². The van der Waals surface area contributed by atoms with Crippen molar-refractivity contribution in [1.29, 1.82) is 0 Å². The molecule has 4 aromatic carbocycles. The van der Waals surface area contributed by atoms with Crippen LogP contribution in [0.3, 0.4) is 0 Å². The van der Waals surface area contributed by atoms with Crippen LogP contribution in [-0.2, 0) is 4.79 Å². The van der Waals surface area contributed by atoms with E-state index in [4.69, 9.17) is 4.42 Å². The van der Waals surface area contributed by atoms with Crippen molar-refractivity contribution in [3.05, 3.63) is 96.0 Å². The van der Waals surface area contributed by atoms with E-state index < -0.39 is 11.8 Å². The number of imide groups is 1. The van der Waals surface area contributed by atoms with Crippen LogP contribution >= 0.6 is 0 Å². The Bertz CT molecular complexity index is 1560. The molecule has 0 unspecified atom stereocenters. The summed E-state index contributed by atoms with van der Waals surface area (Å²) in [5.41, 5.74) is 1.64. The summed E-state index contributed by atoms with van der Waals surface area (Å²) >= 11 is 0. The average Bonchev–Trinajstić information content (AvgIpc) is 2.78. The molecule has 0 atom stereocenters. The second-order valence-electron chi connectivity index (χ2n) is 7.28. The van der Waals surface area contributed by atoms with Crippen LogP contribution in [0.2, 0.25) is 0 Å². The number of amides is 2. The summed E-state index contributed by atoms with van der Waals surface area (Å²) in [6.07, 6.45) is 0. The molecule has 1 aromatic heterocycles. The Kier molecular flexibility index (Phi) is 4.56. The topological polar surface area (TPSA) is 71.7 Å². The number of benzene rings is 4. The number of hydrogen-bond acceptors (Lipinski definition) is 4. The molecule has 5 aromatic rings. The number of hydrogen-bond donors (Lipinski definition) is 1. The monoisotopic (exact) mass is 406 g/mol. The van der Waals surface area contributed by atoms with Gasteiger partial charge in [-0.2, -0.15) is 0 Å². The smallest absolute Gasteiger partial charge is 0.263 e. The van der Waals surface area contributed by atoms with E-state index in [1.807, 2.05) is 78.9 Å². The number of nitrogens with zero attached hydrogens (tertiary/aromatic N) is 1. The van der Waals surface area contributed by atoms with Crippen molar-refractivity contribution in [3.63, 3.8) is 0 Å². The standard InChI is InChI=1S/C26H18N2O3/c1-16(29)27-25(30)22-15-21-19-10-4-2-8-18(19)13-14-24(21)31-26(22)28-23-12-6-9-17-7-3-5-11-20(17)23/h2-15H,1H3,(H,27,29,30). The third kappa shape index (κ3) is 3.46. The Hall–Kier alpha value is -4.25. The molecule has 0 aliphatic rings. The Morgan fingerprint density at radius 2 is 1.45 bits per heavy atom. The van der Waals surface area contributed by atoms with Crippen molar-refractivity contribution in [2.75, 3.05) is 0 Å². The summed E-state index contributed by atoms with van der Waals surface area (Å²) < 4.78 is 6.12. The molecule has 5 rings (SSSR count). The summed E-state index contributed by atoms with van der Waals surface area (Å²) in [4.78, 5) is 29.1. The van der Waals surface area contributed by atoms with Crippen molar-refractivity contribution >= 4 is 50.0 Å². The van der Waals surface area contributed by atoms with E-state index in [9.17, 15) is 9.59 Å². The highest BCUT2D eigenvalue weighted by Crippen LogP contribution is 2.27. The SMILES string of the molecule is CC(=O)NC(=O)c1cc2c(ccc3ccccc32)oc1=Nc1cccc2ccccc12. The maximum atomic E-state index is 12.9. The second-order valence-corrected chi connectivity index (χ2v) is 7.28. The van der Waals surface area contributed by atoms with Crippen LogP contribution in [0.15, 0.2) is 94.3 Å². The minimum atomic E-state index is -0.551. The first-order valence-corrected chi connectivity index (χ1v) is 9.90. The van der Waals surface area contributed by atoms with Crippen molar-refractivity contribution in [2.24, 2.45) is 4.99 Å². The first-order valence-electron chi connectivity index (χ1n) is 9.90. The van der Waals surface area contributed by atoms with Crippen molar-refractivity contribution in [3.8, 4) is 0 Å². The fourth-order valence-corrected chi connectivity index (χ4v) is 3.77. The maximum Gasteiger partial charge on any atom is 0.263 e. The molecular weight excluding hydrogens is 388 g/mol. The molecule has 0 saturated heterocycles. The molecule has 1 heterocycles. The van der Waals surface area contributed by atoms with Crippen LogP contribution in [0, 0.1) is 0 Å². The lowest BCUT2D eigenvalue weighted by Crippen LogP contribution is -2.32. The van der Waals surface area contributed by atoms with E-state index in [-0.39, 0.29) is 11.1 Å². The van der Waals surface area contributed by atoms with E-state index in [2.05, 4.69) is 10.3 Å². The lowest BCUT2D eigenvalue weighted by Gasteiger charge is -2.08. The number of fused-ring (bicyclic) bond motifs is 4. The maximum absolute atomic E-state index is 12.9. The highest BCUT2D eigenvalue weighted by molar-refractivity contribution is 6.10. The Morgan fingerprint density at radius 3 is 2.23 bits per heavy atom. The fraction of sp³-hybridized carbons (Fsp3) is 0.0385. The zero-order valence-electron chi connectivity index (χ0n) is 16.8. The Balaban J connectivity index is 1.83.